The van der Waals surface area contributed by atoms with Crippen LogP contribution in [0.2, 0.25) is 0 Å². The Morgan fingerprint density at radius 1 is 0.306 bits per heavy atom. The SMILES string of the molecule is c1ccc(-c2ccc3cc(-c4ccc5c(c4)C(c4ccccc4)(c4ccccc4)c4c-5c5ccccc5c5ccccc45)ccc3c2)cc1. The summed E-state index contributed by atoms with van der Waals surface area (Å²) in [6, 6.07) is 71.9. The topological polar surface area (TPSA) is 0 Å². The lowest BCUT2D eigenvalue weighted by atomic mass is 9.66. The van der Waals surface area contributed by atoms with E-state index in [0.29, 0.717) is 0 Å². The van der Waals surface area contributed by atoms with Crippen LogP contribution in [0.4, 0.5) is 0 Å². The molecule has 0 aliphatic heterocycles. The first kappa shape index (κ1) is 27.8. The van der Waals surface area contributed by atoms with Crippen LogP contribution in [-0.4, -0.2) is 0 Å². The van der Waals surface area contributed by atoms with Gasteiger partial charge in [0.2, 0.25) is 0 Å². The van der Waals surface area contributed by atoms with Crippen molar-refractivity contribution in [2.45, 2.75) is 5.41 Å². The lowest BCUT2D eigenvalue weighted by molar-refractivity contribution is 0.776. The number of hydrogen-bond donors (Lipinski definition) is 0. The molecule has 0 atom stereocenters. The Morgan fingerprint density at radius 3 is 1.37 bits per heavy atom. The average molecular weight is 621 g/mol. The molecule has 9 aromatic rings. The first-order valence-corrected chi connectivity index (χ1v) is 17.1. The van der Waals surface area contributed by atoms with Crippen molar-refractivity contribution in [1.82, 2.24) is 0 Å². The fraction of sp³-hybridized carbons (Fsp3) is 0.0204. The molecule has 0 N–H and O–H groups in total. The number of rotatable bonds is 4. The molecule has 0 heteroatoms. The van der Waals surface area contributed by atoms with Gasteiger partial charge in [-0.3, -0.25) is 0 Å². The monoisotopic (exact) mass is 620 g/mol. The molecule has 49 heavy (non-hydrogen) atoms. The second-order valence-corrected chi connectivity index (χ2v) is 13.2. The van der Waals surface area contributed by atoms with Crippen molar-refractivity contribution in [2.75, 3.05) is 0 Å². The van der Waals surface area contributed by atoms with Gasteiger partial charge in [-0.05, 0) is 106 Å². The molecule has 1 aliphatic carbocycles. The highest BCUT2D eigenvalue weighted by atomic mass is 14.5. The summed E-state index contributed by atoms with van der Waals surface area (Å²) in [5.74, 6) is 0. The fourth-order valence-corrected chi connectivity index (χ4v) is 8.58. The van der Waals surface area contributed by atoms with Crippen LogP contribution in [0.5, 0.6) is 0 Å². The van der Waals surface area contributed by atoms with E-state index in [1.165, 1.54) is 88.0 Å². The van der Waals surface area contributed by atoms with E-state index in [1.807, 2.05) is 0 Å². The zero-order valence-electron chi connectivity index (χ0n) is 27.0. The van der Waals surface area contributed by atoms with E-state index in [9.17, 15) is 0 Å². The highest BCUT2D eigenvalue weighted by Crippen LogP contribution is 2.60. The summed E-state index contributed by atoms with van der Waals surface area (Å²) < 4.78 is 0. The minimum atomic E-state index is -0.506. The summed E-state index contributed by atoms with van der Waals surface area (Å²) in [4.78, 5) is 0. The van der Waals surface area contributed by atoms with Crippen LogP contribution < -0.4 is 0 Å². The van der Waals surface area contributed by atoms with Gasteiger partial charge < -0.3 is 0 Å². The van der Waals surface area contributed by atoms with Crippen molar-refractivity contribution in [2.24, 2.45) is 0 Å². The van der Waals surface area contributed by atoms with Crippen molar-refractivity contribution in [3.8, 4) is 33.4 Å². The summed E-state index contributed by atoms with van der Waals surface area (Å²) in [7, 11) is 0. The third-order valence-electron chi connectivity index (χ3n) is 10.7. The highest BCUT2D eigenvalue weighted by molar-refractivity contribution is 6.19. The van der Waals surface area contributed by atoms with Crippen LogP contribution in [0, 0.1) is 0 Å². The van der Waals surface area contributed by atoms with Crippen molar-refractivity contribution >= 4 is 32.3 Å². The first-order valence-electron chi connectivity index (χ1n) is 17.1. The smallest absolute Gasteiger partial charge is 0.0622 e. The van der Waals surface area contributed by atoms with Gasteiger partial charge in [0.15, 0.2) is 0 Å². The van der Waals surface area contributed by atoms with E-state index in [0.717, 1.165) is 0 Å². The summed E-state index contributed by atoms with van der Waals surface area (Å²) in [5.41, 5.74) is 12.4. The third-order valence-corrected chi connectivity index (χ3v) is 10.7. The molecular weight excluding hydrogens is 589 g/mol. The second kappa shape index (κ2) is 10.9. The zero-order valence-corrected chi connectivity index (χ0v) is 27.0. The van der Waals surface area contributed by atoms with Crippen LogP contribution in [-0.2, 0) is 5.41 Å². The van der Waals surface area contributed by atoms with Crippen LogP contribution in [0.15, 0.2) is 194 Å². The number of fused-ring (bicyclic) bond motifs is 9. The average Bonchev–Trinajstić information content (AvgIpc) is 3.50. The summed E-state index contributed by atoms with van der Waals surface area (Å²) in [5, 5.41) is 7.70. The van der Waals surface area contributed by atoms with E-state index >= 15 is 0 Å². The Balaban J connectivity index is 1.27. The Hall–Kier alpha value is -6.24. The molecule has 228 valence electrons. The van der Waals surface area contributed by atoms with E-state index in [1.54, 1.807) is 0 Å². The quantitative estimate of drug-likeness (QED) is 0.172. The van der Waals surface area contributed by atoms with Gasteiger partial charge in [-0.2, -0.15) is 0 Å². The van der Waals surface area contributed by atoms with Crippen LogP contribution in [0.3, 0.4) is 0 Å². The minimum Gasteiger partial charge on any atom is -0.0622 e. The molecule has 0 spiro atoms. The van der Waals surface area contributed by atoms with Gasteiger partial charge >= 0.3 is 0 Å². The Bertz CT molecular complexity index is 2650. The molecule has 0 heterocycles. The molecule has 0 nitrogen and oxygen atoms in total. The Labute approximate surface area is 286 Å². The van der Waals surface area contributed by atoms with Crippen molar-refractivity contribution < 1.29 is 0 Å². The van der Waals surface area contributed by atoms with Gasteiger partial charge in [-0.25, -0.2) is 0 Å². The maximum atomic E-state index is 2.48. The maximum Gasteiger partial charge on any atom is 0.0720 e. The molecule has 1 aliphatic rings. The van der Waals surface area contributed by atoms with E-state index in [2.05, 4.69) is 194 Å². The van der Waals surface area contributed by atoms with Gasteiger partial charge in [0.1, 0.15) is 0 Å². The summed E-state index contributed by atoms with van der Waals surface area (Å²) >= 11 is 0. The van der Waals surface area contributed by atoms with Gasteiger partial charge in [-0.1, -0.05) is 176 Å². The molecule has 0 saturated carbocycles. The molecule has 0 fully saturated rings. The normalized spacial score (nSPS) is 13.1. The van der Waals surface area contributed by atoms with E-state index < -0.39 is 5.41 Å². The predicted molar refractivity (Wildman–Crippen MR) is 207 cm³/mol. The van der Waals surface area contributed by atoms with Gasteiger partial charge in [0.05, 0.1) is 5.41 Å². The van der Waals surface area contributed by atoms with Crippen LogP contribution in [0.1, 0.15) is 22.3 Å². The van der Waals surface area contributed by atoms with Gasteiger partial charge in [0.25, 0.3) is 0 Å². The largest absolute Gasteiger partial charge is 0.0720 e. The lowest BCUT2D eigenvalue weighted by Crippen LogP contribution is -2.29. The molecule has 0 radical (unpaired) electrons. The first-order chi connectivity index (χ1) is 24.3. The van der Waals surface area contributed by atoms with Crippen molar-refractivity contribution in [3.63, 3.8) is 0 Å². The van der Waals surface area contributed by atoms with Gasteiger partial charge in [-0.15, -0.1) is 0 Å². The van der Waals surface area contributed by atoms with Crippen LogP contribution in [0.25, 0.3) is 65.7 Å². The van der Waals surface area contributed by atoms with E-state index in [-0.39, 0.29) is 0 Å². The third kappa shape index (κ3) is 4.11. The number of benzene rings is 9. The molecule has 0 bridgehead atoms. The molecule has 0 aromatic heterocycles. The molecule has 0 unspecified atom stereocenters. The van der Waals surface area contributed by atoms with Crippen LogP contribution >= 0.6 is 0 Å². The van der Waals surface area contributed by atoms with E-state index in [4.69, 9.17) is 0 Å². The second-order valence-electron chi connectivity index (χ2n) is 13.2. The summed E-state index contributed by atoms with van der Waals surface area (Å²) in [6.07, 6.45) is 0. The predicted octanol–water partition coefficient (Wildman–Crippen LogP) is 12.8. The zero-order chi connectivity index (χ0) is 32.4. The Kier molecular flexibility index (Phi) is 6.19. The molecule has 10 rings (SSSR count). The van der Waals surface area contributed by atoms with Crippen molar-refractivity contribution in [1.29, 1.82) is 0 Å². The molecule has 0 amide bonds. The van der Waals surface area contributed by atoms with Gasteiger partial charge in [0, 0.05) is 0 Å². The Morgan fingerprint density at radius 2 is 0.755 bits per heavy atom. The van der Waals surface area contributed by atoms with Crippen molar-refractivity contribution in [3.05, 3.63) is 216 Å². The molecule has 9 aromatic carbocycles. The lowest BCUT2D eigenvalue weighted by Gasteiger charge is -2.35. The molecular formula is C49H32. The maximum absolute atomic E-state index is 2.48. The minimum absolute atomic E-state index is 0.506. The molecule has 0 saturated heterocycles. The standard InChI is InChI=1S/C49H32/c1-4-14-33(15-5-1)34-24-25-36-31-37(27-26-35(36)30-34)38-28-29-45-46(32-38)49(39-16-6-2-7-17-39,40-18-8-3-9-19-40)48-44-23-13-11-21-42(44)41-20-10-12-22-43(41)47(45)48/h1-32H. The number of hydrogen-bond acceptors (Lipinski definition) is 0. The fourth-order valence-electron chi connectivity index (χ4n) is 8.58. The highest BCUT2D eigenvalue weighted by Gasteiger charge is 2.48. The summed E-state index contributed by atoms with van der Waals surface area (Å²) in [6.45, 7) is 0.